The Bertz CT molecular complexity index is 607. The quantitative estimate of drug-likeness (QED) is 0.850. The molecule has 1 atom stereocenters. The van der Waals surface area contributed by atoms with Crippen molar-refractivity contribution in [2.75, 3.05) is 6.54 Å². The fourth-order valence-electron chi connectivity index (χ4n) is 2.49. The van der Waals surface area contributed by atoms with Crippen molar-refractivity contribution in [3.05, 3.63) is 54.6 Å². The van der Waals surface area contributed by atoms with Gasteiger partial charge in [-0.05, 0) is 5.56 Å². The van der Waals surface area contributed by atoms with Gasteiger partial charge in [-0.25, -0.2) is 4.98 Å². The van der Waals surface area contributed by atoms with Crippen LogP contribution in [0.4, 0.5) is 0 Å². The predicted octanol–water partition coefficient (Wildman–Crippen LogP) is 1.57. The van der Waals surface area contributed by atoms with Crippen LogP contribution in [0.3, 0.4) is 0 Å². The van der Waals surface area contributed by atoms with Gasteiger partial charge < -0.3 is 4.90 Å². The SMILES string of the molecule is O=C1CC(C(=O)n2ccnc2)CN1Cc1ccccc1. The van der Waals surface area contributed by atoms with Crippen molar-refractivity contribution in [3.8, 4) is 0 Å². The molecular weight excluding hydrogens is 254 g/mol. The molecule has 1 fully saturated rings. The van der Waals surface area contributed by atoms with Crippen LogP contribution in [-0.2, 0) is 11.3 Å². The number of carbonyl (C=O) groups excluding carboxylic acids is 2. The van der Waals surface area contributed by atoms with E-state index in [0.717, 1.165) is 5.56 Å². The van der Waals surface area contributed by atoms with Crippen molar-refractivity contribution in [1.29, 1.82) is 0 Å². The average Bonchev–Trinajstić information content (AvgIpc) is 3.10. The van der Waals surface area contributed by atoms with Crippen LogP contribution in [0.5, 0.6) is 0 Å². The van der Waals surface area contributed by atoms with Gasteiger partial charge in [0.05, 0.1) is 5.92 Å². The summed E-state index contributed by atoms with van der Waals surface area (Å²) < 4.78 is 1.45. The van der Waals surface area contributed by atoms with Gasteiger partial charge in [0.15, 0.2) is 0 Å². The van der Waals surface area contributed by atoms with Crippen LogP contribution in [0, 0.1) is 5.92 Å². The molecule has 1 unspecified atom stereocenters. The molecule has 0 bridgehead atoms. The molecule has 1 aliphatic heterocycles. The zero-order valence-electron chi connectivity index (χ0n) is 11.0. The largest absolute Gasteiger partial charge is 0.338 e. The van der Waals surface area contributed by atoms with Crippen LogP contribution in [0.15, 0.2) is 49.1 Å². The molecule has 1 aromatic heterocycles. The van der Waals surface area contributed by atoms with Crippen molar-refractivity contribution < 1.29 is 9.59 Å². The molecule has 0 saturated carbocycles. The van der Waals surface area contributed by atoms with E-state index in [0.29, 0.717) is 13.1 Å². The maximum atomic E-state index is 12.2. The molecule has 1 amide bonds. The Morgan fingerprint density at radius 1 is 1.30 bits per heavy atom. The number of aromatic nitrogens is 2. The second-order valence-corrected chi connectivity index (χ2v) is 4.97. The summed E-state index contributed by atoms with van der Waals surface area (Å²) in [5, 5.41) is 0. The number of rotatable bonds is 3. The summed E-state index contributed by atoms with van der Waals surface area (Å²) in [6.07, 6.45) is 4.94. The van der Waals surface area contributed by atoms with E-state index in [-0.39, 0.29) is 24.2 Å². The lowest BCUT2D eigenvalue weighted by atomic mass is 10.1. The summed E-state index contributed by atoms with van der Waals surface area (Å²) in [6, 6.07) is 9.81. The van der Waals surface area contributed by atoms with Gasteiger partial charge in [0, 0.05) is 31.9 Å². The van der Waals surface area contributed by atoms with Gasteiger partial charge in [0.2, 0.25) is 11.8 Å². The highest BCUT2D eigenvalue weighted by Gasteiger charge is 2.34. The van der Waals surface area contributed by atoms with E-state index in [9.17, 15) is 9.59 Å². The number of benzene rings is 1. The van der Waals surface area contributed by atoms with E-state index < -0.39 is 0 Å². The second-order valence-electron chi connectivity index (χ2n) is 4.97. The monoisotopic (exact) mass is 269 g/mol. The molecule has 102 valence electrons. The minimum Gasteiger partial charge on any atom is -0.338 e. The molecule has 5 heteroatoms. The number of imidazole rings is 1. The summed E-state index contributed by atoms with van der Waals surface area (Å²) in [5.41, 5.74) is 1.08. The molecule has 3 rings (SSSR count). The third-order valence-electron chi connectivity index (χ3n) is 3.54. The average molecular weight is 269 g/mol. The van der Waals surface area contributed by atoms with Crippen LogP contribution >= 0.6 is 0 Å². The molecule has 0 radical (unpaired) electrons. The first-order valence-electron chi connectivity index (χ1n) is 6.58. The molecule has 0 aliphatic carbocycles. The zero-order valence-corrected chi connectivity index (χ0v) is 11.0. The number of hydrogen-bond acceptors (Lipinski definition) is 3. The number of amides is 1. The number of hydrogen-bond donors (Lipinski definition) is 0. The van der Waals surface area contributed by atoms with Crippen LogP contribution < -0.4 is 0 Å². The summed E-state index contributed by atoms with van der Waals surface area (Å²) in [7, 11) is 0. The molecule has 20 heavy (non-hydrogen) atoms. The van der Waals surface area contributed by atoms with Crippen molar-refractivity contribution in [1.82, 2.24) is 14.5 Å². The molecular formula is C15H15N3O2. The third kappa shape index (κ3) is 2.47. The molecule has 2 aromatic rings. The third-order valence-corrected chi connectivity index (χ3v) is 3.54. The fraction of sp³-hybridized carbons (Fsp3) is 0.267. The smallest absolute Gasteiger partial charge is 0.237 e. The van der Waals surface area contributed by atoms with Crippen molar-refractivity contribution in [3.63, 3.8) is 0 Å². The van der Waals surface area contributed by atoms with Gasteiger partial charge in [0.1, 0.15) is 6.33 Å². The van der Waals surface area contributed by atoms with Gasteiger partial charge >= 0.3 is 0 Å². The van der Waals surface area contributed by atoms with E-state index in [1.165, 1.54) is 10.9 Å². The molecule has 0 N–H and O–H groups in total. The Labute approximate surface area is 116 Å². The normalized spacial score (nSPS) is 18.5. The van der Waals surface area contributed by atoms with E-state index in [4.69, 9.17) is 0 Å². The van der Waals surface area contributed by atoms with E-state index in [2.05, 4.69) is 4.98 Å². The summed E-state index contributed by atoms with van der Waals surface area (Å²) in [6.45, 7) is 1.04. The minimum absolute atomic E-state index is 0.0346. The Hall–Kier alpha value is -2.43. The van der Waals surface area contributed by atoms with Gasteiger partial charge in [-0.1, -0.05) is 30.3 Å². The Morgan fingerprint density at radius 2 is 2.10 bits per heavy atom. The first kappa shape index (κ1) is 12.6. The molecule has 1 saturated heterocycles. The van der Waals surface area contributed by atoms with E-state index >= 15 is 0 Å². The Morgan fingerprint density at radius 3 is 2.80 bits per heavy atom. The van der Waals surface area contributed by atoms with Crippen LogP contribution in [0.25, 0.3) is 0 Å². The standard InChI is InChI=1S/C15H15N3O2/c19-14-8-13(15(20)17-7-6-16-11-17)10-18(14)9-12-4-2-1-3-5-12/h1-7,11,13H,8-10H2. The van der Waals surface area contributed by atoms with Gasteiger partial charge in [-0.3, -0.25) is 14.2 Å². The number of nitrogens with zero attached hydrogens (tertiary/aromatic N) is 3. The van der Waals surface area contributed by atoms with Crippen molar-refractivity contribution in [2.45, 2.75) is 13.0 Å². The highest BCUT2D eigenvalue weighted by molar-refractivity contribution is 5.90. The van der Waals surface area contributed by atoms with E-state index in [1.54, 1.807) is 17.3 Å². The van der Waals surface area contributed by atoms with Gasteiger partial charge in [-0.2, -0.15) is 0 Å². The summed E-state index contributed by atoms with van der Waals surface area (Å²) >= 11 is 0. The van der Waals surface area contributed by atoms with Gasteiger partial charge in [-0.15, -0.1) is 0 Å². The minimum atomic E-state index is -0.277. The fourth-order valence-corrected chi connectivity index (χ4v) is 2.49. The Balaban J connectivity index is 1.68. The first-order chi connectivity index (χ1) is 9.74. The lowest BCUT2D eigenvalue weighted by molar-refractivity contribution is -0.128. The first-order valence-corrected chi connectivity index (χ1v) is 6.58. The topological polar surface area (TPSA) is 55.2 Å². The molecule has 2 heterocycles. The summed E-state index contributed by atoms with van der Waals surface area (Å²) in [5.74, 6) is -0.306. The highest BCUT2D eigenvalue weighted by atomic mass is 16.2. The number of carbonyl (C=O) groups is 2. The Kier molecular flexibility index (Phi) is 3.33. The van der Waals surface area contributed by atoms with Crippen LogP contribution in [0.1, 0.15) is 16.8 Å². The molecule has 1 aromatic carbocycles. The lowest BCUT2D eigenvalue weighted by Crippen LogP contribution is -2.27. The summed E-state index contributed by atoms with van der Waals surface area (Å²) in [4.78, 5) is 29.8. The van der Waals surface area contributed by atoms with Crippen LogP contribution in [0.2, 0.25) is 0 Å². The highest BCUT2D eigenvalue weighted by Crippen LogP contribution is 2.21. The maximum Gasteiger partial charge on any atom is 0.237 e. The predicted molar refractivity (Wildman–Crippen MR) is 72.8 cm³/mol. The van der Waals surface area contributed by atoms with Crippen molar-refractivity contribution >= 4 is 11.8 Å². The molecule has 5 nitrogen and oxygen atoms in total. The van der Waals surface area contributed by atoms with Crippen molar-refractivity contribution in [2.24, 2.45) is 5.92 Å². The van der Waals surface area contributed by atoms with E-state index in [1.807, 2.05) is 30.3 Å². The van der Waals surface area contributed by atoms with Crippen LogP contribution in [-0.4, -0.2) is 32.8 Å². The molecule has 1 aliphatic rings. The lowest BCUT2D eigenvalue weighted by Gasteiger charge is -2.16. The molecule has 0 spiro atoms. The maximum absolute atomic E-state index is 12.2. The number of likely N-dealkylation sites (tertiary alicyclic amines) is 1. The second kappa shape index (κ2) is 5.28. The van der Waals surface area contributed by atoms with Gasteiger partial charge in [0.25, 0.3) is 0 Å². The zero-order chi connectivity index (χ0) is 13.9.